The number of carbonyl (C=O) groups excluding carboxylic acids is 1. The van der Waals surface area contributed by atoms with Gasteiger partial charge in [-0.15, -0.1) is 0 Å². The molecule has 0 bridgehead atoms. The van der Waals surface area contributed by atoms with Gasteiger partial charge in [0.1, 0.15) is 0 Å². The number of carbonyl (C=O) groups is 1. The lowest BCUT2D eigenvalue weighted by Gasteiger charge is -2.31. The number of aliphatic hydroxyl groups is 1. The molecule has 0 aromatic heterocycles. The first-order chi connectivity index (χ1) is 11.3. The highest BCUT2D eigenvalue weighted by Gasteiger charge is 2.22. The Balaban J connectivity index is 1.58. The maximum atomic E-state index is 12.4. The molecule has 2 amide bonds. The number of nitrogens with one attached hydrogen (secondary N) is 1. The van der Waals surface area contributed by atoms with Crippen molar-refractivity contribution in [2.24, 2.45) is 5.92 Å². The van der Waals surface area contributed by atoms with Gasteiger partial charge in [0.15, 0.2) is 0 Å². The van der Waals surface area contributed by atoms with Crippen molar-refractivity contribution in [2.45, 2.75) is 32.1 Å². The third-order valence-electron chi connectivity index (χ3n) is 4.98. The van der Waals surface area contributed by atoms with E-state index in [4.69, 9.17) is 0 Å². The van der Waals surface area contributed by atoms with E-state index in [0.717, 1.165) is 44.7 Å². The summed E-state index contributed by atoms with van der Waals surface area (Å²) >= 11 is 0. The van der Waals surface area contributed by atoms with Gasteiger partial charge in [0, 0.05) is 44.2 Å². The molecule has 5 heteroatoms. The van der Waals surface area contributed by atoms with Gasteiger partial charge in [0.05, 0.1) is 0 Å². The third kappa shape index (κ3) is 4.16. The normalized spacial score (nSPS) is 19.7. The Morgan fingerprint density at radius 2 is 1.87 bits per heavy atom. The zero-order chi connectivity index (χ0) is 16.1. The second kappa shape index (κ2) is 7.68. The summed E-state index contributed by atoms with van der Waals surface area (Å²) in [5.41, 5.74) is 2.06. The number of rotatable bonds is 3. The maximum absolute atomic E-state index is 12.4. The monoisotopic (exact) mass is 317 g/mol. The molecule has 2 saturated heterocycles. The fourth-order valence-corrected chi connectivity index (χ4v) is 3.45. The molecule has 0 atom stereocenters. The van der Waals surface area contributed by atoms with Gasteiger partial charge in [0.2, 0.25) is 0 Å². The molecule has 23 heavy (non-hydrogen) atoms. The minimum Gasteiger partial charge on any atom is -0.396 e. The van der Waals surface area contributed by atoms with Crippen LogP contribution in [0.2, 0.25) is 0 Å². The van der Waals surface area contributed by atoms with Crippen molar-refractivity contribution >= 4 is 17.4 Å². The number of piperidine rings is 2. The van der Waals surface area contributed by atoms with Gasteiger partial charge in [0.25, 0.3) is 0 Å². The largest absolute Gasteiger partial charge is 0.396 e. The van der Waals surface area contributed by atoms with Crippen LogP contribution in [0.4, 0.5) is 16.2 Å². The molecule has 2 aliphatic rings. The summed E-state index contributed by atoms with van der Waals surface area (Å²) in [6, 6.07) is 8.12. The van der Waals surface area contributed by atoms with E-state index >= 15 is 0 Å². The number of hydrogen-bond acceptors (Lipinski definition) is 3. The molecular weight excluding hydrogens is 290 g/mol. The zero-order valence-corrected chi connectivity index (χ0v) is 13.7. The molecule has 2 fully saturated rings. The Bertz CT molecular complexity index is 521. The number of hydrogen-bond donors (Lipinski definition) is 2. The average molecular weight is 317 g/mol. The van der Waals surface area contributed by atoms with E-state index in [9.17, 15) is 9.90 Å². The Labute approximate surface area is 138 Å². The second-order valence-electron chi connectivity index (χ2n) is 6.64. The van der Waals surface area contributed by atoms with E-state index < -0.39 is 0 Å². The Morgan fingerprint density at radius 3 is 2.57 bits per heavy atom. The molecule has 126 valence electrons. The van der Waals surface area contributed by atoms with Crippen molar-refractivity contribution in [1.29, 1.82) is 0 Å². The summed E-state index contributed by atoms with van der Waals surface area (Å²) < 4.78 is 0. The van der Waals surface area contributed by atoms with Gasteiger partial charge >= 0.3 is 6.03 Å². The Kier molecular flexibility index (Phi) is 5.39. The highest BCUT2D eigenvalue weighted by atomic mass is 16.3. The molecule has 3 rings (SSSR count). The zero-order valence-electron chi connectivity index (χ0n) is 13.7. The number of likely N-dealkylation sites (tertiary alicyclic amines) is 1. The van der Waals surface area contributed by atoms with E-state index in [1.807, 2.05) is 17.0 Å². The number of amides is 2. The molecule has 5 nitrogen and oxygen atoms in total. The average Bonchev–Trinajstić information content (AvgIpc) is 2.63. The molecule has 2 heterocycles. The van der Waals surface area contributed by atoms with Crippen LogP contribution in [0.3, 0.4) is 0 Å². The van der Waals surface area contributed by atoms with Crippen LogP contribution in [0, 0.1) is 5.92 Å². The molecule has 1 aromatic rings. The molecule has 0 aliphatic carbocycles. The number of benzene rings is 1. The Hall–Kier alpha value is -1.75. The van der Waals surface area contributed by atoms with Crippen LogP contribution in [-0.2, 0) is 0 Å². The lowest BCUT2D eigenvalue weighted by Crippen LogP contribution is -2.41. The minimum absolute atomic E-state index is 0.0304. The van der Waals surface area contributed by atoms with Gasteiger partial charge in [-0.2, -0.15) is 0 Å². The summed E-state index contributed by atoms with van der Waals surface area (Å²) in [5, 5.41) is 12.2. The van der Waals surface area contributed by atoms with Crippen molar-refractivity contribution in [1.82, 2.24) is 4.90 Å². The first kappa shape index (κ1) is 16.1. The quantitative estimate of drug-likeness (QED) is 0.901. The first-order valence-electron chi connectivity index (χ1n) is 8.78. The molecule has 1 aromatic carbocycles. The van der Waals surface area contributed by atoms with Crippen molar-refractivity contribution < 1.29 is 9.90 Å². The van der Waals surface area contributed by atoms with Crippen LogP contribution < -0.4 is 10.2 Å². The molecule has 0 radical (unpaired) electrons. The van der Waals surface area contributed by atoms with E-state index in [0.29, 0.717) is 5.92 Å². The standard InChI is InChI=1S/C18H27N3O2/c22-14-15-7-11-21(12-8-15)18(23)19-16-5-4-6-17(13-16)20-9-2-1-3-10-20/h4-6,13,15,22H,1-3,7-12,14H2,(H,19,23). The Morgan fingerprint density at radius 1 is 1.13 bits per heavy atom. The van der Waals surface area contributed by atoms with Crippen LogP contribution in [0.25, 0.3) is 0 Å². The number of nitrogens with zero attached hydrogens (tertiary/aromatic N) is 2. The lowest BCUT2D eigenvalue weighted by molar-refractivity contribution is 0.143. The van der Waals surface area contributed by atoms with Crippen LogP contribution in [0.15, 0.2) is 24.3 Å². The van der Waals surface area contributed by atoms with Crippen molar-refractivity contribution in [2.75, 3.05) is 43.0 Å². The fraction of sp³-hybridized carbons (Fsp3) is 0.611. The van der Waals surface area contributed by atoms with Gasteiger partial charge in [-0.1, -0.05) is 6.07 Å². The van der Waals surface area contributed by atoms with Crippen molar-refractivity contribution in [3.63, 3.8) is 0 Å². The second-order valence-corrected chi connectivity index (χ2v) is 6.64. The number of urea groups is 1. The predicted octanol–water partition coefficient (Wildman–Crippen LogP) is 2.91. The maximum Gasteiger partial charge on any atom is 0.321 e. The van der Waals surface area contributed by atoms with Crippen LogP contribution >= 0.6 is 0 Å². The highest BCUT2D eigenvalue weighted by molar-refractivity contribution is 5.90. The first-order valence-corrected chi connectivity index (χ1v) is 8.78. The van der Waals surface area contributed by atoms with E-state index in [1.54, 1.807) is 0 Å². The summed E-state index contributed by atoms with van der Waals surface area (Å²) in [4.78, 5) is 16.6. The topological polar surface area (TPSA) is 55.8 Å². The van der Waals surface area contributed by atoms with Gasteiger partial charge in [-0.25, -0.2) is 4.79 Å². The molecule has 2 N–H and O–H groups in total. The summed E-state index contributed by atoms with van der Waals surface area (Å²) in [6.07, 6.45) is 5.58. The fourth-order valence-electron chi connectivity index (χ4n) is 3.45. The number of aliphatic hydroxyl groups excluding tert-OH is 1. The summed E-state index contributed by atoms with van der Waals surface area (Å²) in [6.45, 7) is 3.89. The van der Waals surface area contributed by atoms with Crippen LogP contribution in [-0.4, -0.2) is 48.8 Å². The van der Waals surface area contributed by atoms with E-state index in [-0.39, 0.29) is 12.6 Å². The molecule has 0 spiro atoms. The highest BCUT2D eigenvalue weighted by Crippen LogP contribution is 2.24. The van der Waals surface area contributed by atoms with E-state index in [2.05, 4.69) is 22.3 Å². The van der Waals surface area contributed by atoms with Gasteiger partial charge < -0.3 is 20.2 Å². The predicted molar refractivity (Wildman–Crippen MR) is 92.9 cm³/mol. The van der Waals surface area contributed by atoms with Gasteiger partial charge in [-0.3, -0.25) is 0 Å². The molecule has 2 aliphatic heterocycles. The van der Waals surface area contributed by atoms with E-state index in [1.165, 1.54) is 24.9 Å². The number of anilines is 2. The van der Waals surface area contributed by atoms with Crippen LogP contribution in [0.1, 0.15) is 32.1 Å². The van der Waals surface area contributed by atoms with Crippen molar-refractivity contribution in [3.8, 4) is 0 Å². The van der Waals surface area contributed by atoms with Gasteiger partial charge in [-0.05, 0) is 56.2 Å². The third-order valence-corrected chi connectivity index (χ3v) is 4.98. The smallest absolute Gasteiger partial charge is 0.321 e. The molecular formula is C18H27N3O2. The van der Waals surface area contributed by atoms with Crippen LogP contribution in [0.5, 0.6) is 0 Å². The minimum atomic E-state index is -0.0304. The van der Waals surface area contributed by atoms with Crippen molar-refractivity contribution in [3.05, 3.63) is 24.3 Å². The lowest BCUT2D eigenvalue weighted by atomic mass is 9.98. The molecule has 0 unspecified atom stereocenters. The molecule has 0 saturated carbocycles. The summed E-state index contributed by atoms with van der Waals surface area (Å²) in [5.74, 6) is 0.349. The SMILES string of the molecule is O=C(Nc1cccc(N2CCCCC2)c1)N1CCC(CO)CC1. The summed E-state index contributed by atoms with van der Waals surface area (Å²) in [7, 11) is 0.